The van der Waals surface area contributed by atoms with Gasteiger partial charge in [0, 0.05) is 35.9 Å². The van der Waals surface area contributed by atoms with Gasteiger partial charge in [-0.25, -0.2) is 9.97 Å². The topological polar surface area (TPSA) is 56.7 Å². The Labute approximate surface area is 99.2 Å². The first-order chi connectivity index (χ1) is 7.65. The number of nitrogens with zero attached hydrogens (tertiary/aromatic N) is 3. The van der Waals surface area contributed by atoms with Crippen molar-refractivity contribution in [1.82, 2.24) is 14.5 Å². The van der Waals surface area contributed by atoms with Crippen molar-refractivity contribution in [3.8, 4) is 0 Å². The van der Waals surface area contributed by atoms with Crippen LogP contribution >= 0.6 is 11.3 Å². The SMILES string of the molecule is Cc1csc(Cn2ccnc2CC(C)N)n1. The molecule has 2 N–H and O–H groups in total. The molecule has 5 heteroatoms. The lowest BCUT2D eigenvalue weighted by Gasteiger charge is -2.07. The Kier molecular flexibility index (Phi) is 3.36. The number of imidazole rings is 1. The van der Waals surface area contributed by atoms with Crippen LogP contribution in [0.4, 0.5) is 0 Å². The van der Waals surface area contributed by atoms with Gasteiger partial charge in [0.15, 0.2) is 0 Å². The van der Waals surface area contributed by atoms with Crippen molar-refractivity contribution in [2.24, 2.45) is 5.73 Å². The van der Waals surface area contributed by atoms with Crippen LogP contribution in [0, 0.1) is 6.92 Å². The Balaban J connectivity index is 2.12. The molecule has 0 amide bonds. The highest BCUT2D eigenvalue weighted by molar-refractivity contribution is 7.09. The van der Waals surface area contributed by atoms with Crippen LogP contribution in [0.2, 0.25) is 0 Å². The van der Waals surface area contributed by atoms with Crippen LogP contribution in [-0.2, 0) is 13.0 Å². The predicted octanol–water partition coefficient (Wildman–Crippen LogP) is 1.59. The van der Waals surface area contributed by atoms with Crippen LogP contribution in [-0.4, -0.2) is 20.6 Å². The zero-order chi connectivity index (χ0) is 11.5. The highest BCUT2D eigenvalue weighted by Gasteiger charge is 2.07. The first kappa shape index (κ1) is 11.3. The third-order valence-corrected chi connectivity index (χ3v) is 3.23. The number of nitrogens with two attached hydrogens (primary N) is 1. The fourth-order valence-electron chi connectivity index (χ4n) is 1.58. The minimum absolute atomic E-state index is 0.138. The Hall–Kier alpha value is -1.20. The van der Waals surface area contributed by atoms with Gasteiger partial charge in [0.2, 0.25) is 0 Å². The van der Waals surface area contributed by atoms with Gasteiger partial charge in [-0.3, -0.25) is 0 Å². The van der Waals surface area contributed by atoms with E-state index >= 15 is 0 Å². The van der Waals surface area contributed by atoms with E-state index in [9.17, 15) is 0 Å². The Morgan fingerprint density at radius 2 is 2.38 bits per heavy atom. The molecule has 0 aliphatic heterocycles. The van der Waals surface area contributed by atoms with Gasteiger partial charge in [-0.05, 0) is 13.8 Å². The average Bonchev–Trinajstić information content (AvgIpc) is 2.77. The Morgan fingerprint density at radius 1 is 1.56 bits per heavy atom. The van der Waals surface area contributed by atoms with Crippen molar-refractivity contribution in [2.45, 2.75) is 32.9 Å². The molecule has 0 aliphatic carbocycles. The van der Waals surface area contributed by atoms with Crippen molar-refractivity contribution < 1.29 is 0 Å². The molecule has 0 aliphatic rings. The number of hydrogen-bond donors (Lipinski definition) is 1. The van der Waals surface area contributed by atoms with Crippen LogP contribution in [0.1, 0.15) is 23.4 Å². The van der Waals surface area contributed by atoms with Crippen LogP contribution in [0.25, 0.3) is 0 Å². The highest BCUT2D eigenvalue weighted by atomic mass is 32.1. The fourth-order valence-corrected chi connectivity index (χ4v) is 2.35. The summed E-state index contributed by atoms with van der Waals surface area (Å²) in [4.78, 5) is 8.76. The number of rotatable bonds is 4. The van der Waals surface area contributed by atoms with Gasteiger partial charge < -0.3 is 10.3 Å². The summed E-state index contributed by atoms with van der Waals surface area (Å²) >= 11 is 1.68. The van der Waals surface area contributed by atoms with E-state index in [0.717, 1.165) is 29.5 Å². The monoisotopic (exact) mass is 236 g/mol. The van der Waals surface area contributed by atoms with Gasteiger partial charge in [-0.1, -0.05) is 0 Å². The highest BCUT2D eigenvalue weighted by Crippen LogP contribution is 2.12. The summed E-state index contributed by atoms with van der Waals surface area (Å²) in [6.07, 6.45) is 4.60. The molecule has 0 saturated carbocycles. The molecule has 0 spiro atoms. The van der Waals surface area contributed by atoms with Gasteiger partial charge >= 0.3 is 0 Å². The second kappa shape index (κ2) is 4.76. The summed E-state index contributed by atoms with van der Waals surface area (Å²) in [5, 5.41) is 3.18. The normalized spacial score (nSPS) is 12.9. The van der Waals surface area contributed by atoms with Gasteiger partial charge in [-0.15, -0.1) is 11.3 Å². The second-order valence-electron chi connectivity index (χ2n) is 4.04. The van der Waals surface area contributed by atoms with Gasteiger partial charge in [0.05, 0.1) is 6.54 Å². The minimum atomic E-state index is 0.138. The number of aromatic nitrogens is 3. The van der Waals surface area contributed by atoms with E-state index in [1.807, 2.05) is 26.2 Å². The summed E-state index contributed by atoms with van der Waals surface area (Å²) in [5.74, 6) is 1.03. The zero-order valence-corrected chi connectivity index (χ0v) is 10.4. The van der Waals surface area contributed by atoms with E-state index in [1.165, 1.54) is 0 Å². The molecule has 0 bridgehead atoms. The first-order valence-electron chi connectivity index (χ1n) is 5.31. The summed E-state index contributed by atoms with van der Waals surface area (Å²) in [7, 11) is 0. The van der Waals surface area contributed by atoms with Crippen LogP contribution in [0.3, 0.4) is 0 Å². The molecule has 0 aromatic carbocycles. The maximum absolute atomic E-state index is 5.78. The number of hydrogen-bond acceptors (Lipinski definition) is 4. The molecule has 2 heterocycles. The van der Waals surface area contributed by atoms with E-state index in [2.05, 4.69) is 19.9 Å². The number of thiazole rings is 1. The summed E-state index contributed by atoms with van der Waals surface area (Å²) in [6, 6.07) is 0.138. The molecule has 0 radical (unpaired) electrons. The van der Waals surface area contributed by atoms with E-state index in [0.29, 0.717) is 0 Å². The molecule has 0 fully saturated rings. The third kappa shape index (κ3) is 2.68. The molecule has 2 aromatic heterocycles. The van der Waals surface area contributed by atoms with E-state index < -0.39 is 0 Å². The van der Waals surface area contributed by atoms with Crippen molar-refractivity contribution in [3.63, 3.8) is 0 Å². The molecular formula is C11H16N4S. The molecule has 0 saturated heterocycles. The molecule has 2 rings (SSSR count). The maximum atomic E-state index is 5.78. The van der Waals surface area contributed by atoms with Crippen molar-refractivity contribution >= 4 is 11.3 Å². The zero-order valence-electron chi connectivity index (χ0n) is 9.55. The third-order valence-electron chi connectivity index (χ3n) is 2.28. The van der Waals surface area contributed by atoms with Crippen LogP contribution in [0.5, 0.6) is 0 Å². The van der Waals surface area contributed by atoms with Crippen molar-refractivity contribution in [1.29, 1.82) is 0 Å². The quantitative estimate of drug-likeness (QED) is 0.877. The average molecular weight is 236 g/mol. The van der Waals surface area contributed by atoms with Crippen molar-refractivity contribution in [3.05, 3.63) is 34.3 Å². The largest absolute Gasteiger partial charge is 0.328 e. The van der Waals surface area contributed by atoms with Gasteiger partial charge in [0.1, 0.15) is 10.8 Å². The molecule has 4 nitrogen and oxygen atoms in total. The van der Waals surface area contributed by atoms with E-state index in [1.54, 1.807) is 11.3 Å². The van der Waals surface area contributed by atoms with E-state index in [-0.39, 0.29) is 6.04 Å². The number of aryl methyl sites for hydroxylation is 1. The summed E-state index contributed by atoms with van der Waals surface area (Å²) in [6.45, 7) is 4.80. The lowest BCUT2D eigenvalue weighted by molar-refractivity contribution is 0.647. The Bertz CT molecular complexity index is 458. The van der Waals surface area contributed by atoms with Gasteiger partial charge in [0.25, 0.3) is 0 Å². The molecule has 2 aromatic rings. The molecule has 16 heavy (non-hydrogen) atoms. The predicted molar refractivity (Wildman–Crippen MR) is 65.5 cm³/mol. The lowest BCUT2D eigenvalue weighted by atomic mass is 10.2. The maximum Gasteiger partial charge on any atom is 0.113 e. The van der Waals surface area contributed by atoms with Crippen LogP contribution < -0.4 is 5.73 Å². The smallest absolute Gasteiger partial charge is 0.113 e. The molecule has 86 valence electrons. The van der Waals surface area contributed by atoms with Gasteiger partial charge in [-0.2, -0.15) is 0 Å². The minimum Gasteiger partial charge on any atom is -0.328 e. The standard InChI is InChI=1S/C11H16N4S/c1-8(12)5-10-13-3-4-15(10)6-11-14-9(2)7-16-11/h3-4,7-8H,5-6,12H2,1-2H3. The summed E-state index contributed by atoms with van der Waals surface area (Å²) in [5.41, 5.74) is 6.86. The molecule has 1 unspecified atom stereocenters. The first-order valence-corrected chi connectivity index (χ1v) is 6.19. The lowest BCUT2D eigenvalue weighted by Crippen LogP contribution is -2.20. The fraction of sp³-hybridized carbons (Fsp3) is 0.455. The van der Waals surface area contributed by atoms with Crippen LogP contribution in [0.15, 0.2) is 17.8 Å². The second-order valence-corrected chi connectivity index (χ2v) is 4.98. The Morgan fingerprint density at radius 3 is 3.00 bits per heavy atom. The molecule has 1 atom stereocenters. The van der Waals surface area contributed by atoms with Crippen molar-refractivity contribution in [2.75, 3.05) is 0 Å². The molecular weight excluding hydrogens is 220 g/mol. The van der Waals surface area contributed by atoms with E-state index in [4.69, 9.17) is 5.73 Å². The summed E-state index contributed by atoms with van der Waals surface area (Å²) < 4.78 is 2.11.